The van der Waals surface area contributed by atoms with Gasteiger partial charge in [0.05, 0.1) is 0 Å². The molecule has 120 valence electrons. The van der Waals surface area contributed by atoms with Crippen LogP contribution in [0, 0.1) is 6.92 Å². The lowest BCUT2D eigenvalue weighted by Crippen LogP contribution is -2.19. The van der Waals surface area contributed by atoms with Crippen molar-refractivity contribution < 1.29 is 24.2 Å². The molecule has 1 N–H and O–H groups in total. The van der Waals surface area contributed by atoms with Crippen LogP contribution in [0.2, 0.25) is 0 Å². The van der Waals surface area contributed by atoms with E-state index in [1.165, 1.54) is 12.1 Å². The van der Waals surface area contributed by atoms with E-state index in [-0.39, 0.29) is 17.9 Å². The molecule has 0 aliphatic rings. The molecule has 2 aromatic carbocycles. The number of carbonyl (C=O) groups excluding carboxylic acids is 1. The van der Waals surface area contributed by atoms with Crippen LogP contribution in [-0.2, 0) is 4.79 Å². The van der Waals surface area contributed by atoms with Crippen LogP contribution < -0.4 is 9.47 Å². The first-order chi connectivity index (χ1) is 10.9. The van der Waals surface area contributed by atoms with Gasteiger partial charge in [0.1, 0.15) is 17.1 Å². The second-order valence-corrected chi connectivity index (χ2v) is 6.39. The van der Waals surface area contributed by atoms with E-state index >= 15 is 0 Å². The average molecular weight is 444 g/mol. The van der Waals surface area contributed by atoms with Crippen LogP contribution in [-0.4, -0.2) is 23.7 Å². The molecule has 5 nitrogen and oxygen atoms in total. The number of benzene rings is 2. The molecule has 2 rings (SSSR count). The fourth-order valence-corrected chi connectivity index (χ4v) is 2.37. The van der Waals surface area contributed by atoms with Gasteiger partial charge >= 0.3 is 11.9 Å². The number of carboxylic acid groups (broad SMARTS) is 1. The number of hydrogen-bond donors (Lipinski definition) is 1. The Balaban J connectivity index is 2.02. The largest absolute Gasteiger partial charge is 0.482 e. The summed E-state index contributed by atoms with van der Waals surface area (Å²) in [6.45, 7) is 1.58. The molecule has 0 amide bonds. The van der Waals surface area contributed by atoms with Gasteiger partial charge in [-0.25, -0.2) is 9.59 Å². The van der Waals surface area contributed by atoms with Crippen LogP contribution in [0.3, 0.4) is 0 Å². The Kier molecular flexibility index (Phi) is 5.79. The number of aryl methyl sites for hydroxylation is 1. The number of hydrogen-bond acceptors (Lipinski definition) is 4. The van der Waals surface area contributed by atoms with E-state index in [4.69, 9.17) is 14.6 Å². The highest BCUT2D eigenvalue weighted by molar-refractivity contribution is 9.10. The lowest BCUT2D eigenvalue weighted by Gasteiger charge is -2.10. The number of halogens is 2. The SMILES string of the molecule is Cc1cc(OCC(=O)Oc2ccc(Br)cc2C(=O)O)ccc1Br. The number of aromatic carboxylic acids is 1. The van der Waals surface area contributed by atoms with Gasteiger partial charge in [-0.05, 0) is 48.9 Å². The van der Waals surface area contributed by atoms with Crippen LogP contribution in [0.15, 0.2) is 45.3 Å². The maximum atomic E-state index is 11.8. The summed E-state index contributed by atoms with van der Waals surface area (Å²) in [5.74, 6) is -1.37. The highest BCUT2D eigenvalue weighted by Crippen LogP contribution is 2.24. The third kappa shape index (κ3) is 4.80. The lowest BCUT2D eigenvalue weighted by atomic mass is 10.2. The van der Waals surface area contributed by atoms with Crippen LogP contribution in [0.25, 0.3) is 0 Å². The van der Waals surface area contributed by atoms with Gasteiger partial charge in [0.25, 0.3) is 0 Å². The second kappa shape index (κ2) is 7.61. The van der Waals surface area contributed by atoms with Gasteiger partial charge in [-0.1, -0.05) is 31.9 Å². The van der Waals surface area contributed by atoms with Crippen molar-refractivity contribution >= 4 is 43.8 Å². The van der Waals surface area contributed by atoms with E-state index in [1.807, 2.05) is 13.0 Å². The van der Waals surface area contributed by atoms with Crippen LogP contribution in [0.1, 0.15) is 15.9 Å². The van der Waals surface area contributed by atoms with E-state index in [2.05, 4.69) is 31.9 Å². The molecule has 0 aliphatic carbocycles. The Morgan fingerprint density at radius 2 is 1.87 bits per heavy atom. The minimum atomic E-state index is -1.18. The zero-order valence-electron chi connectivity index (χ0n) is 12.0. The Bertz CT molecular complexity index is 758. The monoisotopic (exact) mass is 442 g/mol. The number of ether oxygens (including phenoxy) is 2. The fourth-order valence-electron chi connectivity index (χ4n) is 1.76. The van der Waals surface area contributed by atoms with E-state index in [0.29, 0.717) is 10.2 Å². The van der Waals surface area contributed by atoms with Gasteiger partial charge in [0.2, 0.25) is 0 Å². The lowest BCUT2D eigenvalue weighted by molar-refractivity contribution is -0.136. The molecule has 0 spiro atoms. The van der Waals surface area contributed by atoms with Crippen LogP contribution >= 0.6 is 31.9 Å². The van der Waals surface area contributed by atoms with Gasteiger partial charge in [-0.2, -0.15) is 0 Å². The Morgan fingerprint density at radius 3 is 2.52 bits per heavy atom. The van der Waals surface area contributed by atoms with Crippen molar-refractivity contribution in [1.82, 2.24) is 0 Å². The maximum absolute atomic E-state index is 11.8. The zero-order valence-corrected chi connectivity index (χ0v) is 15.2. The molecule has 7 heteroatoms. The normalized spacial score (nSPS) is 10.2. The molecule has 2 aromatic rings. The first-order valence-electron chi connectivity index (χ1n) is 6.49. The highest BCUT2D eigenvalue weighted by Gasteiger charge is 2.15. The summed E-state index contributed by atoms with van der Waals surface area (Å²) < 4.78 is 11.9. The van der Waals surface area contributed by atoms with E-state index < -0.39 is 11.9 Å². The molecule has 0 radical (unpaired) electrons. The topological polar surface area (TPSA) is 72.8 Å². The quantitative estimate of drug-likeness (QED) is 0.553. The summed E-state index contributed by atoms with van der Waals surface area (Å²) in [5, 5.41) is 9.12. The molecule has 0 aromatic heterocycles. The Morgan fingerprint density at radius 1 is 1.13 bits per heavy atom. The first kappa shape index (κ1) is 17.5. The number of carboxylic acids is 1. The average Bonchev–Trinajstić information content (AvgIpc) is 2.50. The van der Waals surface area contributed by atoms with Crippen molar-refractivity contribution in [3.05, 3.63) is 56.5 Å². The molecular weight excluding hydrogens is 432 g/mol. The van der Waals surface area contributed by atoms with Crippen molar-refractivity contribution in [1.29, 1.82) is 0 Å². The van der Waals surface area contributed by atoms with Gasteiger partial charge in [0.15, 0.2) is 6.61 Å². The first-order valence-corrected chi connectivity index (χ1v) is 8.08. The summed E-state index contributed by atoms with van der Waals surface area (Å²) in [4.78, 5) is 23.0. The molecule has 0 saturated heterocycles. The number of carbonyl (C=O) groups is 2. The molecule has 23 heavy (non-hydrogen) atoms. The van der Waals surface area contributed by atoms with Crippen molar-refractivity contribution in [2.24, 2.45) is 0 Å². The summed E-state index contributed by atoms with van der Waals surface area (Å²) in [5.41, 5.74) is 0.865. The predicted octanol–water partition coefficient (Wildman–Crippen LogP) is 4.20. The Labute approximate surface area is 149 Å². The smallest absolute Gasteiger partial charge is 0.349 e. The van der Waals surface area contributed by atoms with Gasteiger partial charge in [-0.15, -0.1) is 0 Å². The Hall–Kier alpha value is -1.86. The highest BCUT2D eigenvalue weighted by atomic mass is 79.9. The van der Waals surface area contributed by atoms with E-state index in [1.54, 1.807) is 18.2 Å². The van der Waals surface area contributed by atoms with E-state index in [0.717, 1.165) is 10.0 Å². The van der Waals surface area contributed by atoms with Crippen LogP contribution in [0.5, 0.6) is 11.5 Å². The minimum absolute atomic E-state index is 0.0266. The summed E-state index contributed by atoms with van der Waals surface area (Å²) in [6, 6.07) is 9.67. The molecule has 0 unspecified atom stereocenters. The van der Waals surface area contributed by atoms with Crippen molar-refractivity contribution in [3.8, 4) is 11.5 Å². The predicted molar refractivity (Wildman–Crippen MR) is 91.1 cm³/mol. The molecular formula is C16H12Br2O5. The molecule has 0 aliphatic heterocycles. The summed E-state index contributed by atoms with van der Waals surface area (Å²) >= 11 is 6.55. The molecule has 0 atom stereocenters. The molecule has 0 bridgehead atoms. The van der Waals surface area contributed by atoms with Crippen molar-refractivity contribution in [2.45, 2.75) is 6.92 Å². The van der Waals surface area contributed by atoms with Gasteiger partial charge in [-0.3, -0.25) is 0 Å². The number of esters is 1. The minimum Gasteiger partial charge on any atom is -0.482 e. The number of rotatable bonds is 5. The molecule has 0 heterocycles. The van der Waals surface area contributed by atoms with Crippen molar-refractivity contribution in [2.75, 3.05) is 6.61 Å². The van der Waals surface area contributed by atoms with Gasteiger partial charge in [0, 0.05) is 8.95 Å². The third-order valence-electron chi connectivity index (χ3n) is 2.88. The summed E-state index contributed by atoms with van der Waals surface area (Å²) in [6.07, 6.45) is 0. The molecule has 0 fully saturated rings. The van der Waals surface area contributed by atoms with Crippen molar-refractivity contribution in [3.63, 3.8) is 0 Å². The fraction of sp³-hybridized carbons (Fsp3) is 0.125. The third-order valence-corrected chi connectivity index (χ3v) is 4.26. The zero-order chi connectivity index (χ0) is 17.0. The maximum Gasteiger partial charge on any atom is 0.349 e. The second-order valence-electron chi connectivity index (χ2n) is 4.62. The molecule has 0 saturated carbocycles. The van der Waals surface area contributed by atoms with Gasteiger partial charge < -0.3 is 14.6 Å². The van der Waals surface area contributed by atoms with Crippen LogP contribution in [0.4, 0.5) is 0 Å². The van der Waals surface area contributed by atoms with E-state index in [9.17, 15) is 9.59 Å². The standard InChI is InChI=1S/C16H12Br2O5/c1-9-6-11(3-4-13(9)18)22-8-15(19)23-14-5-2-10(17)7-12(14)16(20)21/h2-7H,8H2,1H3,(H,20,21). The summed E-state index contributed by atoms with van der Waals surface area (Å²) in [7, 11) is 0.